The fourth-order valence-electron chi connectivity index (χ4n) is 2.74. The van der Waals surface area contributed by atoms with Gasteiger partial charge in [0, 0.05) is 6.42 Å². The van der Waals surface area contributed by atoms with Crippen LogP contribution in [0.2, 0.25) is 0 Å². The molecule has 0 heterocycles. The lowest BCUT2D eigenvalue weighted by atomic mass is 9.77. The number of hydrogen-bond donors (Lipinski definition) is 0. The molecule has 0 spiro atoms. The van der Waals surface area contributed by atoms with Crippen molar-refractivity contribution in [3.8, 4) is 0 Å². The van der Waals surface area contributed by atoms with Gasteiger partial charge in [-0.1, -0.05) is 40.5 Å². The molecule has 96 valence electrons. The highest BCUT2D eigenvalue weighted by Gasteiger charge is 2.22. The van der Waals surface area contributed by atoms with Crippen LogP contribution in [0.5, 0.6) is 0 Å². The summed E-state index contributed by atoms with van der Waals surface area (Å²) >= 11 is 0. The molecule has 0 unspecified atom stereocenters. The van der Waals surface area contributed by atoms with Crippen LogP contribution in [0, 0.1) is 17.8 Å². The standard InChI is InChI=1S/C13H24O.C2H6/c1-10(2)8-12-4-6-13(7-5-12)9-11(3)14;1-2/h10,12-13H,4-9H2,1-3H3;1-2H3. The van der Waals surface area contributed by atoms with E-state index in [1.807, 2.05) is 13.8 Å². The Hall–Kier alpha value is -0.330. The summed E-state index contributed by atoms with van der Waals surface area (Å²) in [5.74, 6) is 2.86. The van der Waals surface area contributed by atoms with Gasteiger partial charge in [0.15, 0.2) is 0 Å². The van der Waals surface area contributed by atoms with E-state index in [2.05, 4.69) is 13.8 Å². The van der Waals surface area contributed by atoms with Crippen molar-refractivity contribution in [2.75, 3.05) is 0 Å². The van der Waals surface area contributed by atoms with Crippen molar-refractivity contribution in [1.82, 2.24) is 0 Å². The normalized spacial score (nSPS) is 24.9. The quantitative estimate of drug-likeness (QED) is 0.670. The molecular weight excluding hydrogens is 196 g/mol. The number of Topliss-reactive ketones (excluding diaryl/α,β-unsaturated/α-hetero) is 1. The van der Waals surface area contributed by atoms with Gasteiger partial charge < -0.3 is 4.79 Å². The van der Waals surface area contributed by atoms with Crippen LogP contribution in [0.4, 0.5) is 0 Å². The zero-order chi connectivity index (χ0) is 12.6. The van der Waals surface area contributed by atoms with Crippen LogP contribution in [-0.2, 0) is 4.79 Å². The molecule has 0 N–H and O–H groups in total. The van der Waals surface area contributed by atoms with Crippen molar-refractivity contribution in [3.05, 3.63) is 0 Å². The summed E-state index contributed by atoms with van der Waals surface area (Å²) in [7, 11) is 0. The molecule has 1 nitrogen and oxygen atoms in total. The molecule has 1 aliphatic carbocycles. The molecule has 0 atom stereocenters. The lowest BCUT2D eigenvalue weighted by molar-refractivity contribution is -0.118. The van der Waals surface area contributed by atoms with E-state index in [9.17, 15) is 4.79 Å². The van der Waals surface area contributed by atoms with Gasteiger partial charge in [0.25, 0.3) is 0 Å². The van der Waals surface area contributed by atoms with Crippen LogP contribution in [0.1, 0.15) is 73.1 Å². The molecule has 1 saturated carbocycles. The average Bonchev–Trinajstić information content (AvgIpc) is 2.22. The summed E-state index contributed by atoms with van der Waals surface area (Å²) in [5, 5.41) is 0. The molecule has 0 aromatic rings. The second-order valence-electron chi connectivity index (χ2n) is 5.42. The number of carbonyl (C=O) groups is 1. The predicted molar refractivity (Wildman–Crippen MR) is 71.5 cm³/mol. The number of carbonyl (C=O) groups excluding carboxylic acids is 1. The fraction of sp³-hybridized carbons (Fsp3) is 0.933. The molecule has 0 aliphatic heterocycles. The first-order valence-corrected chi connectivity index (χ1v) is 7.07. The van der Waals surface area contributed by atoms with E-state index in [4.69, 9.17) is 0 Å². The first-order chi connectivity index (χ1) is 7.58. The van der Waals surface area contributed by atoms with E-state index in [1.165, 1.54) is 32.1 Å². The Kier molecular flexibility index (Phi) is 8.60. The first kappa shape index (κ1) is 15.7. The fourth-order valence-corrected chi connectivity index (χ4v) is 2.74. The summed E-state index contributed by atoms with van der Waals surface area (Å²) in [6, 6.07) is 0. The van der Waals surface area contributed by atoms with Gasteiger partial charge in [0.05, 0.1) is 0 Å². The van der Waals surface area contributed by atoms with E-state index in [-0.39, 0.29) is 0 Å². The van der Waals surface area contributed by atoms with Gasteiger partial charge in [0.1, 0.15) is 5.78 Å². The third kappa shape index (κ3) is 7.03. The first-order valence-electron chi connectivity index (χ1n) is 7.07. The maximum Gasteiger partial charge on any atom is 0.130 e. The largest absolute Gasteiger partial charge is 0.300 e. The van der Waals surface area contributed by atoms with Crippen molar-refractivity contribution < 1.29 is 4.79 Å². The lowest BCUT2D eigenvalue weighted by Crippen LogP contribution is -2.17. The molecular formula is C15H30O. The average molecular weight is 226 g/mol. The van der Waals surface area contributed by atoms with Crippen LogP contribution >= 0.6 is 0 Å². The zero-order valence-corrected chi connectivity index (χ0v) is 11.9. The monoisotopic (exact) mass is 226 g/mol. The summed E-state index contributed by atoms with van der Waals surface area (Å²) in [6.07, 6.45) is 7.50. The minimum absolute atomic E-state index is 0.373. The highest BCUT2D eigenvalue weighted by atomic mass is 16.1. The molecule has 16 heavy (non-hydrogen) atoms. The van der Waals surface area contributed by atoms with E-state index < -0.39 is 0 Å². The van der Waals surface area contributed by atoms with E-state index in [0.717, 1.165) is 18.3 Å². The summed E-state index contributed by atoms with van der Waals surface area (Å²) < 4.78 is 0. The Bertz CT molecular complexity index is 176. The summed E-state index contributed by atoms with van der Waals surface area (Å²) in [4.78, 5) is 11.0. The van der Waals surface area contributed by atoms with Crippen molar-refractivity contribution >= 4 is 5.78 Å². The van der Waals surface area contributed by atoms with Gasteiger partial charge in [-0.15, -0.1) is 0 Å². The van der Waals surface area contributed by atoms with Crippen LogP contribution in [-0.4, -0.2) is 5.78 Å². The Balaban J connectivity index is 0.00000106. The van der Waals surface area contributed by atoms with Crippen LogP contribution in [0.15, 0.2) is 0 Å². The van der Waals surface area contributed by atoms with Crippen molar-refractivity contribution in [3.63, 3.8) is 0 Å². The molecule has 0 radical (unpaired) electrons. The zero-order valence-electron chi connectivity index (χ0n) is 11.9. The summed E-state index contributed by atoms with van der Waals surface area (Å²) in [6.45, 7) is 10.3. The lowest BCUT2D eigenvalue weighted by Gasteiger charge is -2.28. The molecule has 1 rings (SSSR count). The highest BCUT2D eigenvalue weighted by Crippen LogP contribution is 2.34. The molecule has 0 bridgehead atoms. The topological polar surface area (TPSA) is 17.1 Å². The van der Waals surface area contributed by atoms with E-state index in [0.29, 0.717) is 11.7 Å². The van der Waals surface area contributed by atoms with Crippen LogP contribution in [0.3, 0.4) is 0 Å². The van der Waals surface area contributed by atoms with E-state index in [1.54, 1.807) is 6.92 Å². The van der Waals surface area contributed by atoms with Crippen molar-refractivity contribution in [2.45, 2.75) is 73.1 Å². The molecule has 0 aromatic heterocycles. The maximum absolute atomic E-state index is 11.0. The van der Waals surface area contributed by atoms with Crippen molar-refractivity contribution in [1.29, 1.82) is 0 Å². The molecule has 0 saturated heterocycles. The third-order valence-electron chi connectivity index (χ3n) is 3.35. The SMILES string of the molecule is CC.CC(=O)CC1CCC(CC(C)C)CC1. The Morgan fingerprint density at radius 2 is 1.50 bits per heavy atom. The molecule has 1 aliphatic rings. The summed E-state index contributed by atoms with van der Waals surface area (Å²) in [5.41, 5.74) is 0. The van der Waals surface area contributed by atoms with Gasteiger partial charge in [0.2, 0.25) is 0 Å². The molecule has 1 heteroatoms. The van der Waals surface area contributed by atoms with Crippen molar-refractivity contribution in [2.24, 2.45) is 17.8 Å². The number of hydrogen-bond acceptors (Lipinski definition) is 1. The molecule has 0 amide bonds. The van der Waals surface area contributed by atoms with E-state index >= 15 is 0 Å². The second-order valence-corrected chi connectivity index (χ2v) is 5.42. The number of ketones is 1. The minimum atomic E-state index is 0.373. The van der Waals surface area contributed by atoms with Gasteiger partial charge in [-0.3, -0.25) is 0 Å². The Morgan fingerprint density at radius 3 is 1.88 bits per heavy atom. The van der Waals surface area contributed by atoms with Crippen LogP contribution < -0.4 is 0 Å². The smallest absolute Gasteiger partial charge is 0.130 e. The van der Waals surface area contributed by atoms with Gasteiger partial charge in [-0.05, 0) is 43.9 Å². The third-order valence-corrected chi connectivity index (χ3v) is 3.35. The minimum Gasteiger partial charge on any atom is -0.300 e. The number of rotatable bonds is 4. The molecule has 1 fully saturated rings. The van der Waals surface area contributed by atoms with Gasteiger partial charge >= 0.3 is 0 Å². The molecule has 0 aromatic carbocycles. The van der Waals surface area contributed by atoms with Gasteiger partial charge in [-0.2, -0.15) is 0 Å². The highest BCUT2D eigenvalue weighted by molar-refractivity contribution is 5.75. The second kappa shape index (κ2) is 8.78. The Labute approximate surface area is 102 Å². The van der Waals surface area contributed by atoms with Crippen LogP contribution in [0.25, 0.3) is 0 Å². The maximum atomic E-state index is 11.0. The van der Waals surface area contributed by atoms with Gasteiger partial charge in [-0.25, -0.2) is 0 Å². The predicted octanol–water partition coefficient (Wildman–Crippen LogP) is 4.84. The Morgan fingerprint density at radius 1 is 1.06 bits per heavy atom.